The van der Waals surface area contributed by atoms with Gasteiger partial charge in [0.15, 0.2) is 5.78 Å². The average Bonchev–Trinajstić information content (AvgIpc) is 2.89. The van der Waals surface area contributed by atoms with E-state index in [1.165, 1.54) is 0 Å². The van der Waals surface area contributed by atoms with Gasteiger partial charge in [0.1, 0.15) is 0 Å². The molecule has 0 radical (unpaired) electrons. The van der Waals surface area contributed by atoms with Crippen molar-refractivity contribution < 1.29 is 108 Å². The van der Waals surface area contributed by atoms with E-state index >= 15 is 0 Å². The SMILES string of the molecule is CC(C)S(CC(=O)CS(OS(=O)(=O)C(F)(F)C(F)(F)C(F)(F)C(F)(F)F)(C(C)C)C(C)C)(OS(=O)(=O)C(F)(F)C(F)(F)C(F)(F)C(F)(F)F)C(C)C. The van der Waals surface area contributed by atoms with E-state index in [0.29, 0.717) is 0 Å². The largest absolute Gasteiger partial charge is 0.460 e. The Balaban J connectivity index is 7.34. The predicted molar refractivity (Wildman–Crippen MR) is 152 cm³/mol. The highest BCUT2D eigenvalue weighted by molar-refractivity contribution is 8.35. The lowest BCUT2D eigenvalue weighted by molar-refractivity contribution is -0.382. The molecule has 0 aromatic heterocycles. The minimum Gasteiger partial charge on any atom is -0.298 e. The first-order valence-electron chi connectivity index (χ1n) is 13.7. The third-order valence-corrected chi connectivity index (χ3v) is 20.4. The molecule has 0 fully saturated rings. The van der Waals surface area contributed by atoms with Crippen LogP contribution >= 0.6 is 20.6 Å². The van der Waals surface area contributed by atoms with Crippen molar-refractivity contribution in [3.8, 4) is 0 Å². The quantitative estimate of drug-likeness (QED) is 0.127. The summed E-state index contributed by atoms with van der Waals surface area (Å²) in [6.07, 6.45) is -15.0. The number of ketones is 1. The van der Waals surface area contributed by atoms with Crippen LogP contribution in [0.1, 0.15) is 55.4 Å². The first-order chi connectivity index (χ1) is 22.3. The Morgan fingerprint density at radius 1 is 0.423 bits per heavy atom. The maximum absolute atomic E-state index is 14.6. The monoisotopic (exact) mass is 890 g/mol. The van der Waals surface area contributed by atoms with Crippen LogP contribution < -0.4 is 0 Å². The predicted octanol–water partition coefficient (Wildman–Crippen LogP) is 9.17. The summed E-state index contributed by atoms with van der Waals surface area (Å²) in [6, 6.07) is 0. The number of alkyl halides is 18. The van der Waals surface area contributed by atoms with E-state index in [9.17, 15) is 101 Å². The minimum atomic E-state index is -7.78. The second kappa shape index (κ2) is 14.8. The van der Waals surface area contributed by atoms with Gasteiger partial charge in [0.25, 0.3) is 0 Å². The molecular weight excluding hydrogens is 858 g/mol. The fraction of sp³-hybridized carbons (Fsp3) is 0.957. The maximum Gasteiger partial charge on any atom is 0.460 e. The fourth-order valence-electron chi connectivity index (χ4n) is 4.12. The molecule has 0 aromatic rings. The van der Waals surface area contributed by atoms with Crippen LogP contribution in [-0.2, 0) is 32.3 Å². The van der Waals surface area contributed by atoms with Gasteiger partial charge in [-0.15, -0.1) is 20.6 Å². The molecule has 316 valence electrons. The third kappa shape index (κ3) is 8.22. The van der Waals surface area contributed by atoms with Crippen LogP contribution in [0.5, 0.6) is 0 Å². The van der Waals surface area contributed by atoms with E-state index in [2.05, 4.69) is 7.26 Å². The summed E-state index contributed by atoms with van der Waals surface area (Å²) in [4.78, 5) is 13.4. The lowest BCUT2D eigenvalue weighted by Crippen LogP contribution is -2.63. The standard InChI is InChI=1S/C23H32F18O7S4/c1-11(2)49(12(3)4,47-51(43,44)22(38,39)18(28,29)16(24,25)20(32,33)34)9-15(42)10-50(13(5)6,14(7)8)48-52(45,46)23(40,41)19(30,31)17(26,27)21(35,36)37/h11-14H,9-10H2,1-8H3. The van der Waals surface area contributed by atoms with E-state index in [1.807, 2.05) is 0 Å². The molecule has 0 aromatic carbocycles. The summed E-state index contributed by atoms with van der Waals surface area (Å²) < 4.78 is 302. The first-order valence-corrected chi connectivity index (χ1v) is 20.2. The normalized spacial score (nSPS) is 16.7. The molecule has 0 aliphatic heterocycles. The molecule has 0 saturated heterocycles. The Kier molecular flexibility index (Phi) is 14.5. The van der Waals surface area contributed by atoms with Crippen LogP contribution in [0.4, 0.5) is 79.0 Å². The summed E-state index contributed by atoms with van der Waals surface area (Å²) in [7, 11) is -24.2. The highest BCUT2D eigenvalue weighted by Crippen LogP contribution is 2.66. The Labute approximate surface area is 288 Å². The smallest absolute Gasteiger partial charge is 0.298 e. The van der Waals surface area contributed by atoms with Crippen LogP contribution in [0, 0.1) is 0 Å². The molecule has 0 unspecified atom stereocenters. The average molecular weight is 891 g/mol. The molecule has 52 heavy (non-hydrogen) atoms. The van der Waals surface area contributed by atoms with Crippen molar-refractivity contribution in [1.82, 2.24) is 0 Å². The van der Waals surface area contributed by atoms with Crippen molar-refractivity contribution >= 4 is 46.6 Å². The van der Waals surface area contributed by atoms with Gasteiger partial charge in [-0.05, 0) is 0 Å². The van der Waals surface area contributed by atoms with Gasteiger partial charge in [-0.25, -0.2) is 7.26 Å². The van der Waals surface area contributed by atoms with Gasteiger partial charge in [-0.1, -0.05) is 55.4 Å². The van der Waals surface area contributed by atoms with Crippen molar-refractivity contribution in [2.45, 2.75) is 123 Å². The van der Waals surface area contributed by atoms with Crippen LogP contribution in [0.15, 0.2) is 0 Å². The van der Waals surface area contributed by atoms with Crippen molar-refractivity contribution in [3.63, 3.8) is 0 Å². The molecule has 0 heterocycles. The Morgan fingerprint density at radius 3 is 0.769 bits per heavy atom. The lowest BCUT2D eigenvalue weighted by Gasteiger charge is -2.49. The maximum atomic E-state index is 14.6. The molecule has 0 rings (SSSR count). The molecule has 0 N–H and O–H groups in total. The second-order valence-corrected chi connectivity index (χ2v) is 23.4. The van der Waals surface area contributed by atoms with Gasteiger partial charge in [-0.3, -0.25) is 4.79 Å². The van der Waals surface area contributed by atoms with E-state index in [0.717, 1.165) is 55.4 Å². The topological polar surface area (TPSA) is 104 Å². The first kappa shape index (κ1) is 50.9. The second-order valence-electron chi connectivity index (χ2n) is 12.0. The number of hydrogen-bond donors (Lipinski definition) is 0. The highest BCUT2D eigenvalue weighted by Gasteiger charge is 2.87. The molecule has 0 atom stereocenters. The number of carbonyl (C=O) groups is 1. The summed E-state index contributed by atoms with van der Waals surface area (Å²) in [5, 5.41) is -21.5. The van der Waals surface area contributed by atoms with Crippen molar-refractivity contribution in [1.29, 1.82) is 0 Å². The van der Waals surface area contributed by atoms with Crippen molar-refractivity contribution in [3.05, 3.63) is 0 Å². The summed E-state index contributed by atoms with van der Waals surface area (Å²) in [6.45, 7) is 6.62. The molecule has 0 saturated carbocycles. The Morgan fingerprint density at radius 2 is 0.615 bits per heavy atom. The molecule has 0 amide bonds. The van der Waals surface area contributed by atoms with Gasteiger partial charge >= 0.3 is 66.8 Å². The van der Waals surface area contributed by atoms with Crippen LogP contribution in [0.3, 0.4) is 0 Å². The van der Waals surface area contributed by atoms with Gasteiger partial charge in [0, 0.05) is 21.0 Å². The Hall–Kier alpha value is -1.07. The lowest BCUT2D eigenvalue weighted by atomic mass is 10.1. The number of halogens is 18. The number of rotatable bonds is 18. The van der Waals surface area contributed by atoms with Gasteiger partial charge in [-0.2, -0.15) is 95.9 Å². The third-order valence-electron chi connectivity index (χ3n) is 7.26. The number of Topliss-reactive ketones (excluding diaryl/α,β-unsaturated/α-hetero) is 1. The van der Waals surface area contributed by atoms with Gasteiger partial charge < -0.3 is 0 Å². The van der Waals surface area contributed by atoms with E-state index in [-0.39, 0.29) is 0 Å². The van der Waals surface area contributed by atoms with Crippen LogP contribution in [0.2, 0.25) is 0 Å². The molecule has 0 aliphatic rings. The number of carbonyl (C=O) groups excluding carboxylic acids is 1. The van der Waals surface area contributed by atoms with Crippen molar-refractivity contribution in [2.75, 3.05) is 11.5 Å². The zero-order chi connectivity index (χ0) is 42.7. The fourth-order valence-corrected chi connectivity index (χ4v) is 16.1. The van der Waals surface area contributed by atoms with Gasteiger partial charge in [0.2, 0.25) is 0 Å². The number of hydrogen-bond acceptors (Lipinski definition) is 7. The highest BCUT2D eigenvalue weighted by atomic mass is 32.3. The van der Waals surface area contributed by atoms with E-state index in [1.54, 1.807) is 0 Å². The minimum absolute atomic E-state index is 0.828. The van der Waals surface area contributed by atoms with E-state index in [4.69, 9.17) is 0 Å². The molecule has 0 spiro atoms. The van der Waals surface area contributed by atoms with Crippen LogP contribution in [-0.4, -0.2) is 102 Å². The van der Waals surface area contributed by atoms with Crippen molar-refractivity contribution in [2.24, 2.45) is 0 Å². The Bertz CT molecular complexity index is 1380. The van der Waals surface area contributed by atoms with Crippen LogP contribution in [0.25, 0.3) is 0 Å². The van der Waals surface area contributed by atoms with E-state index < -0.39 is 126 Å². The molecule has 29 heteroatoms. The summed E-state index contributed by atoms with van der Waals surface area (Å²) in [5.41, 5.74) is 0. The van der Waals surface area contributed by atoms with Gasteiger partial charge in [0.05, 0.1) is 11.5 Å². The molecule has 0 aliphatic carbocycles. The zero-order valence-electron chi connectivity index (χ0n) is 27.5. The summed E-state index contributed by atoms with van der Waals surface area (Å²) >= 11 is 0. The molecular formula is C23H32F18O7S4. The molecule has 7 nitrogen and oxygen atoms in total. The molecule has 0 bridgehead atoms. The summed E-state index contributed by atoms with van der Waals surface area (Å²) in [5.74, 6) is -36.2. The zero-order valence-corrected chi connectivity index (χ0v) is 30.8.